The molecule has 0 amide bonds. The first-order valence-corrected chi connectivity index (χ1v) is 7.14. The summed E-state index contributed by atoms with van der Waals surface area (Å²) >= 11 is 0. The molecule has 18 heavy (non-hydrogen) atoms. The Balaban J connectivity index is 1.53. The molecule has 0 spiro atoms. The largest absolute Gasteiger partial charge is 0.493 e. The Morgan fingerprint density at radius 3 is 2.83 bits per heavy atom. The summed E-state index contributed by atoms with van der Waals surface area (Å²) in [5, 5.41) is 3.67. The van der Waals surface area contributed by atoms with Gasteiger partial charge in [-0.1, -0.05) is 32.0 Å². The molecule has 3 rings (SSSR count). The number of fused-ring (bicyclic) bond motifs is 1. The van der Waals surface area contributed by atoms with E-state index in [2.05, 4.69) is 37.4 Å². The average molecular weight is 245 g/mol. The standard InChI is InChI=1S/C16H23NO/c1-12(2)16(7-8-16)11-17-9-13-10-18-15-6-4-3-5-14(13)15/h3-6,12-13,17H,7-11H2,1-2H3. The highest BCUT2D eigenvalue weighted by molar-refractivity contribution is 5.39. The molecule has 0 radical (unpaired) electrons. The zero-order valence-electron chi connectivity index (χ0n) is 11.4. The second-order valence-corrected chi connectivity index (χ2v) is 6.19. The van der Waals surface area contributed by atoms with Crippen molar-refractivity contribution in [3.05, 3.63) is 29.8 Å². The van der Waals surface area contributed by atoms with Crippen LogP contribution in [0.1, 0.15) is 38.2 Å². The van der Waals surface area contributed by atoms with E-state index < -0.39 is 0 Å². The van der Waals surface area contributed by atoms with Crippen molar-refractivity contribution in [2.24, 2.45) is 11.3 Å². The van der Waals surface area contributed by atoms with Gasteiger partial charge in [0, 0.05) is 24.6 Å². The lowest BCUT2D eigenvalue weighted by Crippen LogP contribution is -2.31. The summed E-state index contributed by atoms with van der Waals surface area (Å²) in [5.41, 5.74) is 1.97. The van der Waals surface area contributed by atoms with E-state index in [4.69, 9.17) is 4.74 Å². The van der Waals surface area contributed by atoms with Gasteiger partial charge in [-0.15, -0.1) is 0 Å². The van der Waals surface area contributed by atoms with Gasteiger partial charge in [-0.2, -0.15) is 0 Å². The van der Waals surface area contributed by atoms with Crippen LogP contribution in [0.2, 0.25) is 0 Å². The van der Waals surface area contributed by atoms with Gasteiger partial charge in [0.15, 0.2) is 0 Å². The molecule has 2 aliphatic rings. The molecule has 1 unspecified atom stereocenters. The van der Waals surface area contributed by atoms with Gasteiger partial charge >= 0.3 is 0 Å². The van der Waals surface area contributed by atoms with Crippen LogP contribution in [0.15, 0.2) is 24.3 Å². The first kappa shape index (κ1) is 12.0. The second-order valence-electron chi connectivity index (χ2n) is 6.19. The van der Waals surface area contributed by atoms with E-state index >= 15 is 0 Å². The molecule has 1 aliphatic heterocycles. The summed E-state index contributed by atoms with van der Waals surface area (Å²) in [6.07, 6.45) is 2.80. The van der Waals surface area contributed by atoms with Gasteiger partial charge in [0.2, 0.25) is 0 Å². The van der Waals surface area contributed by atoms with Crippen LogP contribution >= 0.6 is 0 Å². The summed E-state index contributed by atoms with van der Waals surface area (Å²) in [4.78, 5) is 0. The lowest BCUT2D eigenvalue weighted by Gasteiger charge is -2.21. The minimum Gasteiger partial charge on any atom is -0.493 e. The predicted octanol–water partition coefficient (Wildman–Crippen LogP) is 3.19. The minimum absolute atomic E-state index is 0.532. The van der Waals surface area contributed by atoms with Crippen LogP contribution in [0, 0.1) is 11.3 Å². The van der Waals surface area contributed by atoms with Gasteiger partial charge in [-0.25, -0.2) is 0 Å². The fraction of sp³-hybridized carbons (Fsp3) is 0.625. The van der Waals surface area contributed by atoms with Crippen molar-refractivity contribution < 1.29 is 4.74 Å². The quantitative estimate of drug-likeness (QED) is 0.860. The van der Waals surface area contributed by atoms with E-state index in [1.807, 2.05) is 6.07 Å². The number of benzene rings is 1. The number of rotatable bonds is 5. The van der Waals surface area contributed by atoms with E-state index in [0.717, 1.165) is 24.8 Å². The zero-order valence-corrected chi connectivity index (χ0v) is 11.4. The molecule has 1 fully saturated rings. The topological polar surface area (TPSA) is 21.3 Å². The molecular formula is C16H23NO. The second kappa shape index (κ2) is 4.58. The number of para-hydroxylation sites is 1. The molecule has 1 saturated carbocycles. The van der Waals surface area contributed by atoms with E-state index in [-0.39, 0.29) is 0 Å². The zero-order chi connectivity index (χ0) is 12.6. The molecule has 1 aliphatic carbocycles. The van der Waals surface area contributed by atoms with Gasteiger partial charge in [-0.05, 0) is 30.2 Å². The summed E-state index contributed by atoms with van der Waals surface area (Å²) in [7, 11) is 0. The van der Waals surface area contributed by atoms with Crippen molar-refractivity contribution in [1.29, 1.82) is 0 Å². The van der Waals surface area contributed by atoms with Gasteiger partial charge in [0.05, 0.1) is 6.61 Å². The van der Waals surface area contributed by atoms with Crippen LogP contribution in [0.5, 0.6) is 5.75 Å². The van der Waals surface area contributed by atoms with Gasteiger partial charge in [0.25, 0.3) is 0 Å². The SMILES string of the molecule is CC(C)C1(CNCC2COc3ccccc32)CC1. The lowest BCUT2D eigenvalue weighted by atomic mass is 9.92. The van der Waals surface area contributed by atoms with Crippen molar-refractivity contribution in [3.8, 4) is 5.75 Å². The van der Waals surface area contributed by atoms with Crippen LogP contribution in [-0.4, -0.2) is 19.7 Å². The molecule has 2 heteroatoms. The van der Waals surface area contributed by atoms with Crippen LogP contribution < -0.4 is 10.1 Å². The Morgan fingerprint density at radius 2 is 2.11 bits per heavy atom. The maximum absolute atomic E-state index is 5.72. The number of hydrogen-bond acceptors (Lipinski definition) is 2. The molecular weight excluding hydrogens is 222 g/mol. The minimum atomic E-state index is 0.532. The summed E-state index contributed by atoms with van der Waals surface area (Å²) in [6.45, 7) is 7.75. The third-order valence-electron chi connectivity index (χ3n) is 4.78. The lowest BCUT2D eigenvalue weighted by molar-refractivity contribution is 0.307. The molecule has 0 bridgehead atoms. The smallest absolute Gasteiger partial charge is 0.122 e. The van der Waals surface area contributed by atoms with Gasteiger partial charge < -0.3 is 10.1 Å². The Bertz CT molecular complexity index is 423. The Morgan fingerprint density at radius 1 is 1.33 bits per heavy atom. The van der Waals surface area contributed by atoms with E-state index in [9.17, 15) is 0 Å². The fourth-order valence-corrected chi connectivity index (χ4v) is 3.01. The summed E-state index contributed by atoms with van der Waals surface area (Å²) < 4.78 is 5.72. The van der Waals surface area contributed by atoms with Crippen LogP contribution in [0.25, 0.3) is 0 Å². The Hall–Kier alpha value is -1.02. The molecule has 1 atom stereocenters. The van der Waals surface area contributed by atoms with Gasteiger partial charge in [0.1, 0.15) is 5.75 Å². The highest BCUT2D eigenvalue weighted by Gasteiger charge is 2.44. The van der Waals surface area contributed by atoms with Crippen LogP contribution in [0.3, 0.4) is 0 Å². The monoisotopic (exact) mass is 245 g/mol. The Labute approximate surface area is 110 Å². The predicted molar refractivity (Wildman–Crippen MR) is 74.1 cm³/mol. The third-order valence-corrected chi connectivity index (χ3v) is 4.78. The van der Waals surface area contributed by atoms with Crippen molar-refractivity contribution in [1.82, 2.24) is 5.32 Å². The molecule has 1 aromatic carbocycles. The highest BCUT2D eigenvalue weighted by atomic mass is 16.5. The first-order valence-electron chi connectivity index (χ1n) is 7.14. The van der Waals surface area contributed by atoms with E-state index in [0.29, 0.717) is 11.3 Å². The van der Waals surface area contributed by atoms with Gasteiger partial charge in [-0.3, -0.25) is 0 Å². The van der Waals surface area contributed by atoms with Crippen molar-refractivity contribution in [2.75, 3.05) is 19.7 Å². The van der Waals surface area contributed by atoms with Crippen molar-refractivity contribution in [2.45, 2.75) is 32.6 Å². The molecule has 0 aromatic heterocycles. The normalized spacial score (nSPS) is 23.8. The number of nitrogens with one attached hydrogen (secondary N) is 1. The molecule has 1 heterocycles. The molecule has 98 valence electrons. The fourth-order valence-electron chi connectivity index (χ4n) is 3.01. The van der Waals surface area contributed by atoms with Crippen molar-refractivity contribution in [3.63, 3.8) is 0 Å². The molecule has 2 nitrogen and oxygen atoms in total. The highest BCUT2D eigenvalue weighted by Crippen LogP contribution is 2.51. The maximum atomic E-state index is 5.72. The molecule has 0 saturated heterocycles. The van der Waals surface area contributed by atoms with Crippen molar-refractivity contribution >= 4 is 0 Å². The number of ether oxygens (including phenoxy) is 1. The molecule has 1 aromatic rings. The maximum Gasteiger partial charge on any atom is 0.122 e. The third kappa shape index (κ3) is 2.14. The average Bonchev–Trinajstić information content (AvgIpc) is 3.06. The van der Waals surface area contributed by atoms with Crippen LogP contribution in [-0.2, 0) is 0 Å². The molecule has 1 N–H and O–H groups in total. The first-order chi connectivity index (χ1) is 8.71. The van der Waals surface area contributed by atoms with E-state index in [1.54, 1.807) is 0 Å². The summed E-state index contributed by atoms with van der Waals surface area (Å²) in [6, 6.07) is 8.43. The summed E-state index contributed by atoms with van der Waals surface area (Å²) in [5.74, 6) is 2.41. The number of hydrogen-bond donors (Lipinski definition) is 1. The van der Waals surface area contributed by atoms with E-state index in [1.165, 1.54) is 24.9 Å². The Kier molecular flexibility index (Phi) is 3.06. The van der Waals surface area contributed by atoms with Crippen LogP contribution in [0.4, 0.5) is 0 Å².